The van der Waals surface area contributed by atoms with Gasteiger partial charge in [-0.05, 0) is 31.2 Å². The molecule has 0 spiro atoms. The van der Waals surface area contributed by atoms with Gasteiger partial charge < -0.3 is 0 Å². The van der Waals surface area contributed by atoms with E-state index in [-0.39, 0.29) is 22.6 Å². The lowest BCUT2D eigenvalue weighted by Gasteiger charge is -2.08. The predicted molar refractivity (Wildman–Crippen MR) is 63.3 cm³/mol. The van der Waals surface area contributed by atoms with Crippen molar-refractivity contribution in [2.24, 2.45) is 0 Å². The third-order valence-corrected chi connectivity index (χ3v) is 2.63. The molecule has 7 heteroatoms. The molecule has 0 fully saturated rings. The second-order valence-corrected chi connectivity index (χ2v) is 4.04. The molecule has 0 unspecified atom stereocenters. The first kappa shape index (κ1) is 13.8. The average Bonchev–Trinajstić information content (AvgIpc) is 2.87. The van der Waals surface area contributed by atoms with Gasteiger partial charge in [-0.3, -0.25) is 4.79 Å². The number of nitriles is 1. The summed E-state index contributed by atoms with van der Waals surface area (Å²) in [5.74, 6) is -0.325. The van der Waals surface area contributed by atoms with E-state index >= 15 is 0 Å². The normalized spacial score (nSPS) is 11.2. The van der Waals surface area contributed by atoms with Crippen LogP contribution >= 0.6 is 0 Å². The Morgan fingerprint density at radius 3 is 2.55 bits per heavy atom. The van der Waals surface area contributed by atoms with Crippen LogP contribution in [-0.2, 0) is 6.18 Å². The van der Waals surface area contributed by atoms with Crippen LogP contribution in [0.3, 0.4) is 0 Å². The molecule has 4 nitrogen and oxygen atoms in total. The third-order valence-electron chi connectivity index (χ3n) is 2.63. The van der Waals surface area contributed by atoms with Gasteiger partial charge >= 0.3 is 6.18 Å². The lowest BCUT2D eigenvalue weighted by Crippen LogP contribution is -2.09. The predicted octanol–water partition coefficient (Wildman–Crippen LogP) is 2.97. The molecule has 0 aliphatic rings. The van der Waals surface area contributed by atoms with Crippen LogP contribution in [0.2, 0.25) is 0 Å². The molecular formula is C13H8F3N3O. The number of rotatable bonds is 2. The highest BCUT2D eigenvalue weighted by Gasteiger charge is 2.33. The highest BCUT2D eigenvalue weighted by Crippen LogP contribution is 2.28. The van der Waals surface area contributed by atoms with Gasteiger partial charge in [0.2, 0.25) is 0 Å². The zero-order chi connectivity index (χ0) is 14.9. The summed E-state index contributed by atoms with van der Waals surface area (Å²) in [6, 6.07) is 6.82. The first-order valence-corrected chi connectivity index (χ1v) is 5.51. The molecular weight excluding hydrogens is 271 g/mol. The van der Waals surface area contributed by atoms with Crippen molar-refractivity contribution in [1.29, 1.82) is 5.26 Å². The highest BCUT2D eigenvalue weighted by atomic mass is 19.4. The minimum absolute atomic E-state index is 0.145. The highest BCUT2D eigenvalue weighted by molar-refractivity contribution is 5.97. The largest absolute Gasteiger partial charge is 0.435 e. The van der Waals surface area contributed by atoms with E-state index in [1.165, 1.54) is 25.1 Å². The fourth-order valence-electron chi connectivity index (χ4n) is 1.70. The fourth-order valence-corrected chi connectivity index (χ4v) is 1.70. The summed E-state index contributed by atoms with van der Waals surface area (Å²) in [5.41, 5.74) is -0.490. The van der Waals surface area contributed by atoms with Crippen LogP contribution in [0.15, 0.2) is 30.5 Å². The number of Topliss-reactive ketones (excluding diaryl/α,β-unsaturated/α-hetero) is 1. The number of carbonyl (C=O) groups is 1. The Hall–Kier alpha value is -2.62. The molecule has 102 valence electrons. The van der Waals surface area contributed by atoms with E-state index in [2.05, 4.69) is 5.10 Å². The number of carbonyl (C=O) groups excluding carboxylic acids is 1. The van der Waals surface area contributed by atoms with E-state index in [0.29, 0.717) is 0 Å². The minimum atomic E-state index is -4.56. The molecule has 1 aromatic heterocycles. The SMILES string of the molecule is CC(=O)c1ccc(C#N)cc1-n1ccc(C(F)(F)F)n1. The lowest BCUT2D eigenvalue weighted by molar-refractivity contribution is -0.141. The van der Waals surface area contributed by atoms with Crippen molar-refractivity contribution in [3.8, 4) is 11.8 Å². The van der Waals surface area contributed by atoms with Crippen LogP contribution in [0.4, 0.5) is 13.2 Å². The number of hydrogen-bond acceptors (Lipinski definition) is 3. The first-order valence-electron chi connectivity index (χ1n) is 5.51. The molecule has 2 aromatic rings. The number of hydrogen-bond donors (Lipinski definition) is 0. The minimum Gasteiger partial charge on any atom is -0.294 e. The number of benzene rings is 1. The first-order chi connectivity index (χ1) is 9.32. The summed E-state index contributed by atoms with van der Waals surface area (Å²) in [6.07, 6.45) is -3.46. The van der Waals surface area contributed by atoms with Gasteiger partial charge in [0.15, 0.2) is 11.5 Å². The Morgan fingerprint density at radius 1 is 1.35 bits per heavy atom. The third kappa shape index (κ3) is 2.54. The van der Waals surface area contributed by atoms with Gasteiger partial charge in [-0.25, -0.2) is 4.68 Å². The topological polar surface area (TPSA) is 58.7 Å². The van der Waals surface area contributed by atoms with E-state index in [0.717, 1.165) is 16.9 Å². The molecule has 0 atom stereocenters. The molecule has 2 rings (SSSR count). The number of nitrogens with zero attached hydrogens (tertiary/aromatic N) is 3. The van der Waals surface area contributed by atoms with Crippen LogP contribution in [-0.4, -0.2) is 15.6 Å². The van der Waals surface area contributed by atoms with Crippen molar-refractivity contribution in [3.63, 3.8) is 0 Å². The maximum Gasteiger partial charge on any atom is 0.435 e. The number of aromatic nitrogens is 2. The number of ketones is 1. The van der Waals surface area contributed by atoms with Gasteiger partial charge in [-0.15, -0.1) is 0 Å². The van der Waals surface area contributed by atoms with E-state index in [1.807, 2.05) is 6.07 Å². The maximum absolute atomic E-state index is 12.5. The summed E-state index contributed by atoms with van der Waals surface area (Å²) in [5, 5.41) is 12.2. The summed E-state index contributed by atoms with van der Waals surface area (Å²) in [7, 11) is 0. The molecule has 1 heterocycles. The average molecular weight is 279 g/mol. The molecule has 0 radical (unpaired) electrons. The molecule has 0 aliphatic carbocycles. The molecule has 0 saturated heterocycles. The quantitative estimate of drug-likeness (QED) is 0.794. The fraction of sp³-hybridized carbons (Fsp3) is 0.154. The summed E-state index contributed by atoms with van der Waals surface area (Å²) >= 11 is 0. The Bertz CT molecular complexity index is 710. The summed E-state index contributed by atoms with van der Waals surface area (Å²) < 4.78 is 38.5. The molecule has 0 bridgehead atoms. The van der Waals surface area contributed by atoms with Crippen molar-refractivity contribution in [1.82, 2.24) is 9.78 Å². The molecule has 1 aromatic carbocycles. The van der Waals surface area contributed by atoms with E-state index in [1.54, 1.807) is 0 Å². The zero-order valence-electron chi connectivity index (χ0n) is 10.3. The van der Waals surface area contributed by atoms with Gasteiger partial charge in [0.25, 0.3) is 0 Å². The zero-order valence-corrected chi connectivity index (χ0v) is 10.3. The Kier molecular flexibility index (Phi) is 3.32. The molecule has 0 aliphatic heterocycles. The Labute approximate surface area is 112 Å². The van der Waals surface area contributed by atoms with Crippen molar-refractivity contribution in [2.45, 2.75) is 13.1 Å². The second kappa shape index (κ2) is 4.81. The van der Waals surface area contributed by atoms with Gasteiger partial charge in [-0.1, -0.05) is 0 Å². The standard InChI is InChI=1S/C13H8F3N3O/c1-8(20)10-3-2-9(7-17)6-11(10)19-5-4-12(18-19)13(14,15)16/h2-6H,1H3. The van der Waals surface area contributed by atoms with Crippen molar-refractivity contribution >= 4 is 5.78 Å². The van der Waals surface area contributed by atoms with E-state index in [9.17, 15) is 18.0 Å². The van der Waals surface area contributed by atoms with Crippen molar-refractivity contribution < 1.29 is 18.0 Å². The van der Waals surface area contributed by atoms with Crippen molar-refractivity contribution in [3.05, 3.63) is 47.3 Å². The molecule has 0 amide bonds. The number of alkyl halides is 3. The summed E-state index contributed by atoms with van der Waals surface area (Å²) in [4.78, 5) is 11.5. The van der Waals surface area contributed by atoms with Gasteiger partial charge in [0.05, 0.1) is 17.3 Å². The monoisotopic (exact) mass is 279 g/mol. The smallest absolute Gasteiger partial charge is 0.294 e. The van der Waals surface area contributed by atoms with Crippen LogP contribution in [0.25, 0.3) is 5.69 Å². The van der Waals surface area contributed by atoms with Gasteiger partial charge in [-0.2, -0.15) is 23.5 Å². The molecule has 0 saturated carbocycles. The summed E-state index contributed by atoms with van der Waals surface area (Å²) in [6.45, 7) is 1.29. The van der Waals surface area contributed by atoms with Crippen LogP contribution < -0.4 is 0 Å². The lowest BCUT2D eigenvalue weighted by atomic mass is 10.1. The van der Waals surface area contributed by atoms with E-state index in [4.69, 9.17) is 5.26 Å². The van der Waals surface area contributed by atoms with Crippen LogP contribution in [0.5, 0.6) is 0 Å². The van der Waals surface area contributed by atoms with Gasteiger partial charge in [0, 0.05) is 11.8 Å². The van der Waals surface area contributed by atoms with Gasteiger partial charge in [0.1, 0.15) is 0 Å². The second-order valence-electron chi connectivity index (χ2n) is 4.04. The van der Waals surface area contributed by atoms with E-state index < -0.39 is 11.9 Å². The maximum atomic E-state index is 12.5. The molecule has 0 N–H and O–H groups in total. The van der Waals surface area contributed by atoms with Crippen LogP contribution in [0, 0.1) is 11.3 Å². The number of halogens is 3. The molecule has 20 heavy (non-hydrogen) atoms. The van der Waals surface area contributed by atoms with Crippen molar-refractivity contribution in [2.75, 3.05) is 0 Å². The van der Waals surface area contributed by atoms with Crippen LogP contribution in [0.1, 0.15) is 28.5 Å². The Balaban J connectivity index is 2.59. The Morgan fingerprint density at radius 2 is 2.05 bits per heavy atom.